The fraction of sp³-hybridized carbons (Fsp3) is 0.385. The first kappa shape index (κ1) is 15.4. The Balaban J connectivity index is 2.13. The number of carboxylic acids is 1. The predicted octanol–water partition coefficient (Wildman–Crippen LogP) is 0.677. The Hall–Kier alpha value is -1.99. The maximum atomic E-state index is 12.0. The van der Waals surface area contributed by atoms with Crippen LogP contribution in [-0.4, -0.2) is 47.4 Å². The van der Waals surface area contributed by atoms with Crippen LogP contribution in [0.25, 0.3) is 0 Å². The molecule has 114 valence electrons. The molecule has 21 heavy (non-hydrogen) atoms. The highest BCUT2D eigenvalue weighted by atomic mass is 35.5. The predicted molar refractivity (Wildman–Crippen MR) is 73.0 cm³/mol. The molecule has 0 fully saturated rings. The average molecular weight is 316 g/mol. The first-order chi connectivity index (χ1) is 9.81. The van der Waals surface area contributed by atoms with Crippen LogP contribution in [0.4, 0.5) is 0 Å². The van der Waals surface area contributed by atoms with Crippen molar-refractivity contribution >= 4 is 23.5 Å². The van der Waals surface area contributed by atoms with E-state index in [1.54, 1.807) is 0 Å². The number of carbonyl (C=O) groups excluding carboxylic acids is 1. The van der Waals surface area contributed by atoms with Gasteiger partial charge in [-0.2, -0.15) is 0 Å². The standard InChI is InChI=1S/C13H14ClNO6/c1-13(19,12(17)18)6-15-11(16)7-4-8(14)10-9(5-7)20-2-3-21-10/h4-5,19H,2-3,6H2,1H3,(H,15,16)(H,17,18). The van der Waals surface area contributed by atoms with Crippen LogP contribution < -0.4 is 14.8 Å². The molecule has 1 heterocycles. The molecule has 1 aliphatic rings. The zero-order valence-electron chi connectivity index (χ0n) is 11.2. The highest BCUT2D eigenvalue weighted by Crippen LogP contribution is 2.38. The second kappa shape index (κ2) is 5.79. The number of rotatable bonds is 4. The van der Waals surface area contributed by atoms with E-state index in [2.05, 4.69) is 5.32 Å². The van der Waals surface area contributed by atoms with E-state index in [9.17, 15) is 14.7 Å². The molecule has 0 bridgehead atoms. The van der Waals surface area contributed by atoms with Crippen molar-refractivity contribution in [1.29, 1.82) is 0 Å². The van der Waals surface area contributed by atoms with Crippen LogP contribution in [0.15, 0.2) is 12.1 Å². The van der Waals surface area contributed by atoms with E-state index in [0.29, 0.717) is 24.7 Å². The van der Waals surface area contributed by atoms with Gasteiger partial charge in [-0.25, -0.2) is 4.79 Å². The molecule has 0 aromatic heterocycles. The minimum absolute atomic E-state index is 0.186. The van der Waals surface area contributed by atoms with E-state index in [1.807, 2.05) is 0 Å². The van der Waals surface area contributed by atoms with Crippen molar-refractivity contribution in [2.75, 3.05) is 19.8 Å². The summed E-state index contributed by atoms with van der Waals surface area (Å²) in [6.45, 7) is 1.38. The lowest BCUT2D eigenvalue weighted by Crippen LogP contribution is -2.46. The molecular weight excluding hydrogens is 302 g/mol. The number of carbonyl (C=O) groups is 2. The lowest BCUT2D eigenvalue weighted by molar-refractivity contribution is -0.155. The first-order valence-corrected chi connectivity index (χ1v) is 6.52. The van der Waals surface area contributed by atoms with Crippen LogP contribution in [0.5, 0.6) is 11.5 Å². The van der Waals surface area contributed by atoms with Crippen LogP contribution in [0.3, 0.4) is 0 Å². The van der Waals surface area contributed by atoms with Gasteiger partial charge in [0.15, 0.2) is 17.1 Å². The van der Waals surface area contributed by atoms with E-state index in [1.165, 1.54) is 12.1 Å². The topological polar surface area (TPSA) is 105 Å². The third kappa shape index (κ3) is 3.37. The van der Waals surface area contributed by atoms with E-state index in [4.69, 9.17) is 26.2 Å². The second-order valence-corrected chi connectivity index (χ2v) is 5.15. The molecule has 0 spiro atoms. The highest BCUT2D eigenvalue weighted by Gasteiger charge is 2.30. The van der Waals surface area contributed by atoms with Gasteiger partial charge in [-0.05, 0) is 19.1 Å². The number of ether oxygens (including phenoxy) is 2. The SMILES string of the molecule is CC(O)(CNC(=O)c1cc(Cl)c2c(c1)OCCO2)C(=O)O. The number of aliphatic hydroxyl groups is 1. The molecule has 0 saturated carbocycles. The first-order valence-electron chi connectivity index (χ1n) is 6.14. The number of hydrogen-bond donors (Lipinski definition) is 3. The van der Waals surface area contributed by atoms with Gasteiger partial charge in [-0.15, -0.1) is 0 Å². The van der Waals surface area contributed by atoms with Gasteiger partial charge in [0.1, 0.15) is 13.2 Å². The number of halogens is 1. The second-order valence-electron chi connectivity index (χ2n) is 4.74. The van der Waals surface area contributed by atoms with Crippen LogP contribution in [0, 0.1) is 0 Å². The molecule has 1 aromatic rings. The van der Waals surface area contributed by atoms with Crippen molar-refractivity contribution in [3.05, 3.63) is 22.7 Å². The molecule has 0 aliphatic carbocycles. The summed E-state index contributed by atoms with van der Waals surface area (Å²) >= 11 is 6.00. The zero-order chi connectivity index (χ0) is 15.6. The summed E-state index contributed by atoms with van der Waals surface area (Å²) in [5, 5.41) is 20.9. The number of carboxylic acid groups (broad SMARTS) is 1. The van der Waals surface area contributed by atoms with Gasteiger partial charge in [0.2, 0.25) is 0 Å². The Labute approximate surface area is 125 Å². The van der Waals surface area contributed by atoms with Crippen LogP contribution in [-0.2, 0) is 4.79 Å². The monoisotopic (exact) mass is 315 g/mol. The number of fused-ring (bicyclic) bond motifs is 1. The molecule has 1 atom stereocenters. The molecule has 1 amide bonds. The number of aliphatic carboxylic acids is 1. The summed E-state index contributed by atoms with van der Waals surface area (Å²) in [6, 6.07) is 2.84. The molecule has 8 heteroatoms. The quantitative estimate of drug-likeness (QED) is 0.754. The number of benzene rings is 1. The maximum absolute atomic E-state index is 12.0. The molecule has 3 N–H and O–H groups in total. The summed E-state index contributed by atoms with van der Waals surface area (Å²) in [5.41, 5.74) is -1.86. The van der Waals surface area contributed by atoms with Gasteiger partial charge in [-0.1, -0.05) is 11.6 Å². The van der Waals surface area contributed by atoms with Gasteiger partial charge in [0, 0.05) is 5.56 Å². The Morgan fingerprint density at radius 2 is 2.05 bits per heavy atom. The normalized spacial score (nSPS) is 16.0. The third-order valence-electron chi connectivity index (χ3n) is 2.91. The molecular formula is C13H14ClNO6. The molecule has 0 radical (unpaired) electrons. The smallest absolute Gasteiger partial charge is 0.337 e. The molecule has 7 nitrogen and oxygen atoms in total. The number of nitrogens with one attached hydrogen (secondary N) is 1. The summed E-state index contributed by atoms with van der Waals surface area (Å²) in [5.74, 6) is -1.28. The van der Waals surface area contributed by atoms with Crippen LogP contribution in [0.1, 0.15) is 17.3 Å². The van der Waals surface area contributed by atoms with Crippen molar-refractivity contribution in [3.63, 3.8) is 0 Å². The Bertz CT molecular complexity index is 586. The fourth-order valence-corrected chi connectivity index (χ4v) is 1.94. The minimum Gasteiger partial charge on any atom is -0.486 e. The van der Waals surface area contributed by atoms with Gasteiger partial charge in [0.25, 0.3) is 5.91 Å². The summed E-state index contributed by atoms with van der Waals surface area (Å²) in [6.07, 6.45) is 0. The van der Waals surface area contributed by atoms with E-state index < -0.39 is 24.0 Å². The zero-order valence-corrected chi connectivity index (χ0v) is 11.9. The Morgan fingerprint density at radius 1 is 1.38 bits per heavy atom. The summed E-state index contributed by atoms with van der Waals surface area (Å²) in [7, 11) is 0. The average Bonchev–Trinajstić information content (AvgIpc) is 2.44. The molecule has 2 rings (SSSR count). The van der Waals surface area contributed by atoms with Crippen molar-refractivity contribution in [2.24, 2.45) is 0 Å². The molecule has 1 aromatic carbocycles. The number of amides is 1. The molecule has 0 saturated heterocycles. The van der Waals surface area contributed by atoms with Crippen molar-refractivity contribution in [1.82, 2.24) is 5.32 Å². The lowest BCUT2D eigenvalue weighted by atomic mass is 10.1. The van der Waals surface area contributed by atoms with Crippen molar-refractivity contribution < 1.29 is 29.3 Å². The summed E-state index contributed by atoms with van der Waals surface area (Å²) < 4.78 is 10.7. The van der Waals surface area contributed by atoms with E-state index in [-0.39, 0.29) is 10.6 Å². The minimum atomic E-state index is -2.05. The van der Waals surface area contributed by atoms with Gasteiger partial charge < -0.3 is 25.0 Å². The van der Waals surface area contributed by atoms with Gasteiger partial charge in [0.05, 0.1) is 11.6 Å². The van der Waals surface area contributed by atoms with Crippen LogP contribution >= 0.6 is 11.6 Å². The van der Waals surface area contributed by atoms with Crippen molar-refractivity contribution in [3.8, 4) is 11.5 Å². The van der Waals surface area contributed by atoms with Gasteiger partial charge in [-0.3, -0.25) is 4.79 Å². The molecule has 1 unspecified atom stereocenters. The maximum Gasteiger partial charge on any atom is 0.337 e. The fourth-order valence-electron chi connectivity index (χ4n) is 1.67. The van der Waals surface area contributed by atoms with Crippen molar-refractivity contribution in [2.45, 2.75) is 12.5 Å². The number of hydrogen-bond acceptors (Lipinski definition) is 5. The lowest BCUT2D eigenvalue weighted by Gasteiger charge is -2.21. The Kier molecular flexibility index (Phi) is 4.24. The van der Waals surface area contributed by atoms with Gasteiger partial charge >= 0.3 is 5.97 Å². The Morgan fingerprint density at radius 3 is 2.71 bits per heavy atom. The largest absolute Gasteiger partial charge is 0.486 e. The van der Waals surface area contributed by atoms with E-state index >= 15 is 0 Å². The summed E-state index contributed by atoms with van der Waals surface area (Å²) in [4.78, 5) is 22.7. The van der Waals surface area contributed by atoms with E-state index in [0.717, 1.165) is 6.92 Å². The van der Waals surface area contributed by atoms with Crippen LogP contribution in [0.2, 0.25) is 5.02 Å². The highest BCUT2D eigenvalue weighted by molar-refractivity contribution is 6.32. The molecule has 1 aliphatic heterocycles. The third-order valence-corrected chi connectivity index (χ3v) is 3.19.